The van der Waals surface area contributed by atoms with Gasteiger partial charge in [-0.2, -0.15) is 0 Å². The van der Waals surface area contributed by atoms with Gasteiger partial charge >= 0.3 is 5.97 Å². The number of nitrogens with zero attached hydrogens (tertiary/aromatic N) is 1. The zero-order chi connectivity index (χ0) is 19.4. The minimum Gasteiger partial charge on any atom is -0.454 e. The monoisotopic (exact) mass is 371 g/mol. The molecule has 0 heterocycles. The number of carbonyl (C=O) groups is 2. The average molecular weight is 371 g/mol. The highest BCUT2D eigenvalue weighted by molar-refractivity contribution is 5.90. The number of non-ortho nitro benzene ring substituents is 1. The third-order valence-electron chi connectivity index (χ3n) is 5.65. The first-order chi connectivity index (χ1) is 13.0. The lowest BCUT2D eigenvalue weighted by Crippen LogP contribution is -2.27. The summed E-state index contributed by atoms with van der Waals surface area (Å²) in [6, 6.07) is 5.46. The molecule has 6 heteroatoms. The van der Waals surface area contributed by atoms with Crippen LogP contribution in [0.15, 0.2) is 35.9 Å². The Morgan fingerprint density at radius 2 is 1.85 bits per heavy atom. The van der Waals surface area contributed by atoms with Crippen LogP contribution in [0.5, 0.6) is 0 Å². The smallest absolute Gasteiger partial charge is 0.338 e. The molecule has 1 fully saturated rings. The minimum absolute atomic E-state index is 0.0589. The van der Waals surface area contributed by atoms with Crippen LogP contribution in [0.1, 0.15) is 62.2 Å². The van der Waals surface area contributed by atoms with Crippen LogP contribution < -0.4 is 0 Å². The van der Waals surface area contributed by atoms with Gasteiger partial charge in [-0.25, -0.2) is 4.79 Å². The molecule has 1 saturated carbocycles. The van der Waals surface area contributed by atoms with Crippen molar-refractivity contribution in [2.24, 2.45) is 11.8 Å². The standard InChI is InChI=1S/C21H25NO5/c1-14-5-4-7-18-16(13-19(14)23)6-2-3-8-20(18)27-21(24)15-9-11-17(12-10-15)22(25)26/h7,9-12,14,16,20H,2-6,8,13H2,1H3/b18-7+/t14-,16-,20+/m0/s1. The molecule has 0 spiro atoms. The molecule has 1 aromatic rings. The number of hydrogen-bond donors (Lipinski definition) is 0. The third-order valence-corrected chi connectivity index (χ3v) is 5.65. The number of ketones is 1. The van der Waals surface area contributed by atoms with Crippen molar-refractivity contribution in [1.29, 1.82) is 0 Å². The zero-order valence-corrected chi connectivity index (χ0v) is 15.6. The van der Waals surface area contributed by atoms with Gasteiger partial charge in [0, 0.05) is 24.5 Å². The maximum atomic E-state index is 12.6. The molecule has 3 atom stereocenters. The highest BCUT2D eigenvalue weighted by Gasteiger charge is 2.32. The lowest BCUT2D eigenvalue weighted by Gasteiger charge is -2.27. The van der Waals surface area contributed by atoms with Gasteiger partial charge in [0.05, 0.1) is 10.5 Å². The van der Waals surface area contributed by atoms with E-state index in [1.165, 1.54) is 24.3 Å². The van der Waals surface area contributed by atoms with Crippen LogP contribution in [0.4, 0.5) is 5.69 Å². The average Bonchev–Trinajstić information content (AvgIpc) is 2.82. The number of ether oxygens (including phenoxy) is 1. The summed E-state index contributed by atoms with van der Waals surface area (Å²) in [5.74, 6) is 0.0655. The minimum atomic E-state index is -0.498. The first-order valence-corrected chi connectivity index (χ1v) is 9.64. The maximum absolute atomic E-state index is 12.6. The predicted octanol–water partition coefficient (Wildman–Crippen LogP) is 4.63. The fraction of sp³-hybridized carbons (Fsp3) is 0.524. The summed E-state index contributed by atoms with van der Waals surface area (Å²) in [5.41, 5.74) is 1.33. The molecule has 144 valence electrons. The molecule has 27 heavy (non-hydrogen) atoms. The Bertz CT molecular complexity index is 752. The van der Waals surface area contributed by atoms with Crippen LogP contribution in [-0.2, 0) is 9.53 Å². The zero-order valence-electron chi connectivity index (χ0n) is 15.6. The number of nitro groups is 1. The molecule has 2 aliphatic carbocycles. The topological polar surface area (TPSA) is 86.5 Å². The van der Waals surface area contributed by atoms with Crippen molar-refractivity contribution in [3.05, 3.63) is 51.6 Å². The van der Waals surface area contributed by atoms with E-state index in [-0.39, 0.29) is 23.6 Å². The number of allylic oxidation sites excluding steroid dienone is 1. The van der Waals surface area contributed by atoms with E-state index in [9.17, 15) is 19.7 Å². The highest BCUT2D eigenvalue weighted by Crippen LogP contribution is 2.36. The number of nitro benzene ring substituents is 1. The molecule has 0 unspecified atom stereocenters. The van der Waals surface area contributed by atoms with Gasteiger partial charge in [0.25, 0.3) is 5.69 Å². The number of rotatable bonds is 3. The Labute approximate surface area is 158 Å². The van der Waals surface area contributed by atoms with Crippen molar-refractivity contribution in [3.63, 3.8) is 0 Å². The van der Waals surface area contributed by atoms with Crippen molar-refractivity contribution >= 4 is 17.4 Å². The Hall–Kier alpha value is -2.50. The molecule has 0 aromatic heterocycles. The van der Waals surface area contributed by atoms with E-state index >= 15 is 0 Å². The molecule has 6 nitrogen and oxygen atoms in total. The van der Waals surface area contributed by atoms with E-state index in [0.717, 1.165) is 44.1 Å². The molecule has 0 N–H and O–H groups in total. The van der Waals surface area contributed by atoms with Crippen LogP contribution in [0.25, 0.3) is 0 Å². The number of esters is 1. The van der Waals surface area contributed by atoms with E-state index < -0.39 is 10.9 Å². The number of benzene rings is 1. The molecule has 0 bridgehead atoms. The van der Waals surface area contributed by atoms with Crippen molar-refractivity contribution in [3.8, 4) is 0 Å². The van der Waals surface area contributed by atoms with E-state index in [4.69, 9.17) is 4.74 Å². The lowest BCUT2D eigenvalue weighted by atomic mass is 9.81. The first kappa shape index (κ1) is 19.3. The number of carbonyl (C=O) groups excluding carboxylic acids is 2. The van der Waals surface area contributed by atoms with Crippen molar-refractivity contribution in [2.45, 2.75) is 58.0 Å². The molecule has 1 aromatic carbocycles. The summed E-state index contributed by atoms with van der Waals surface area (Å²) in [6.45, 7) is 1.99. The summed E-state index contributed by atoms with van der Waals surface area (Å²) in [5, 5.41) is 10.8. The second-order valence-electron chi connectivity index (χ2n) is 7.53. The second kappa shape index (κ2) is 8.46. The predicted molar refractivity (Wildman–Crippen MR) is 100 cm³/mol. The van der Waals surface area contributed by atoms with E-state index in [1.807, 2.05) is 6.92 Å². The second-order valence-corrected chi connectivity index (χ2v) is 7.53. The number of Topliss-reactive ketones (excluding diaryl/α,β-unsaturated/α-hetero) is 1. The van der Waals surface area contributed by atoms with E-state index in [2.05, 4.69) is 6.08 Å². The Balaban J connectivity index is 1.77. The fourth-order valence-corrected chi connectivity index (χ4v) is 3.98. The summed E-state index contributed by atoms with van der Waals surface area (Å²) >= 11 is 0. The number of fused-ring (bicyclic) bond motifs is 1. The number of hydrogen-bond acceptors (Lipinski definition) is 5. The van der Waals surface area contributed by atoms with Crippen LogP contribution in [0.3, 0.4) is 0 Å². The van der Waals surface area contributed by atoms with Crippen molar-refractivity contribution in [1.82, 2.24) is 0 Å². The summed E-state index contributed by atoms with van der Waals surface area (Å²) in [7, 11) is 0. The third kappa shape index (κ3) is 4.62. The quantitative estimate of drug-likeness (QED) is 0.335. The van der Waals surface area contributed by atoms with Crippen LogP contribution in [-0.4, -0.2) is 22.8 Å². The molecule has 0 saturated heterocycles. The van der Waals surface area contributed by atoms with Gasteiger partial charge in [-0.1, -0.05) is 19.4 Å². The van der Waals surface area contributed by atoms with Gasteiger partial charge in [-0.05, 0) is 55.7 Å². The fourth-order valence-electron chi connectivity index (χ4n) is 3.98. The molecule has 0 radical (unpaired) electrons. The highest BCUT2D eigenvalue weighted by atomic mass is 16.6. The Kier molecular flexibility index (Phi) is 6.04. The maximum Gasteiger partial charge on any atom is 0.338 e. The van der Waals surface area contributed by atoms with Gasteiger partial charge in [0.1, 0.15) is 11.9 Å². The molecular weight excluding hydrogens is 346 g/mol. The van der Waals surface area contributed by atoms with Gasteiger partial charge in [-0.15, -0.1) is 0 Å². The lowest BCUT2D eigenvalue weighted by molar-refractivity contribution is -0.384. The van der Waals surface area contributed by atoms with Crippen molar-refractivity contribution in [2.75, 3.05) is 0 Å². The van der Waals surface area contributed by atoms with Crippen LogP contribution in [0, 0.1) is 22.0 Å². The summed E-state index contributed by atoms with van der Waals surface area (Å²) in [6.07, 6.45) is 7.72. The Morgan fingerprint density at radius 3 is 2.56 bits per heavy atom. The largest absolute Gasteiger partial charge is 0.454 e. The van der Waals surface area contributed by atoms with Gasteiger partial charge in [-0.3, -0.25) is 14.9 Å². The molecule has 0 amide bonds. The van der Waals surface area contributed by atoms with E-state index in [0.29, 0.717) is 17.8 Å². The van der Waals surface area contributed by atoms with Crippen LogP contribution >= 0.6 is 0 Å². The SMILES string of the molecule is C[C@H]1CC/C=C2\[C@@H](CCCC[C@H]2OC(=O)c2ccc([N+](=O)[O-])cc2)CC1=O. The molecule has 2 aliphatic rings. The van der Waals surface area contributed by atoms with E-state index in [1.54, 1.807) is 0 Å². The van der Waals surface area contributed by atoms with Crippen LogP contribution in [0.2, 0.25) is 0 Å². The first-order valence-electron chi connectivity index (χ1n) is 9.64. The normalized spacial score (nSPS) is 28.0. The Morgan fingerprint density at radius 1 is 1.15 bits per heavy atom. The molecule has 3 rings (SSSR count). The summed E-state index contributed by atoms with van der Waals surface area (Å²) in [4.78, 5) is 35.2. The van der Waals surface area contributed by atoms with Crippen molar-refractivity contribution < 1.29 is 19.2 Å². The van der Waals surface area contributed by atoms with Gasteiger partial charge in [0.15, 0.2) is 0 Å². The summed E-state index contributed by atoms with van der Waals surface area (Å²) < 4.78 is 5.80. The van der Waals surface area contributed by atoms with Gasteiger partial charge < -0.3 is 4.74 Å². The van der Waals surface area contributed by atoms with Gasteiger partial charge in [0.2, 0.25) is 0 Å². The molecule has 0 aliphatic heterocycles. The molecular formula is C21H25NO5.